The largest absolute Gasteiger partial charge is 0.344 e. The number of halogens is 2. The van der Waals surface area contributed by atoms with E-state index in [9.17, 15) is 13.2 Å². The average Bonchev–Trinajstić information content (AvgIpc) is 2.89. The van der Waals surface area contributed by atoms with Crippen LogP contribution in [0.25, 0.3) is 0 Å². The molecule has 0 heterocycles. The summed E-state index contributed by atoms with van der Waals surface area (Å²) in [7, 11) is -4.17. The molecule has 5 nitrogen and oxygen atoms in total. The minimum atomic E-state index is -4.17. The van der Waals surface area contributed by atoms with Crippen molar-refractivity contribution in [2.24, 2.45) is 0 Å². The number of carbonyl (C=O) groups is 1. The first-order valence-electron chi connectivity index (χ1n) is 11.2. The van der Waals surface area contributed by atoms with Crippen molar-refractivity contribution in [3.63, 3.8) is 0 Å². The quantitative estimate of drug-likeness (QED) is 0.283. The van der Waals surface area contributed by atoms with Gasteiger partial charge in [0.2, 0.25) is 15.9 Å². The maximum absolute atomic E-state index is 13.7. The van der Waals surface area contributed by atoms with E-state index in [0.717, 1.165) is 16.7 Å². The molecule has 1 atom stereocenters. The fraction of sp³-hybridized carbons (Fsp3) is 0.107. The Morgan fingerprint density at radius 3 is 1.83 bits per heavy atom. The maximum atomic E-state index is 13.7. The van der Waals surface area contributed by atoms with Gasteiger partial charge in [-0.15, -0.1) is 0 Å². The maximum Gasteiger partial charge on any atom is 0.242 e. The number of rotatable bonds is 9. The third-order valence-corrected chi connectivity index (χ3v) is 7.82. The molecule has 4 rings (SSSR count). The van der Waals surface area contributed by atoms with Gasteiger partial charge in [0.15, 0.2) is 0 Å². The van der Waals surface area contributed by atoms with Crippen LogP contribution in [0.1, 0.15) is 22.7 Å². The van der Waals surface area contributed by atoms with Crippen LogP contribution in [0.4, 0.5) is 0 Å². The molecule has 0 saturated carbocycles. The molecule has 0 fully saturated rings. The predicted molar refractivity (Wildman–Crippen MR) is 144 cm³/mol. The number of benzene rings is 4. The predicted octanol–water partition coefficient (Wildman–Crippen LogP) is 5.79. The van der Waals surface area contributed by atoms with Crippen molar-refractivity contribution < 1.29 is 13.2 Å². The smallest absolute Gasteiger partial charge is 0.242 e. The third kappa shape index (κ3) is 6.53. The number of nitrogens with one attached hydrogen (secondary N) is 2. The van der Waals surface area contributed by atoms with Crippen LogP contribution in [-0.4, -0.2) is 20.4 Å². The van der Waals surface area contributed by atoms with Gasteiger partial charge in [0.25, 0.3) is 0 Å². The van der Waals surface area contributed by atoms with E-state index >= 15 is 0 Å². The molecular formula is C28H24Cl2N2O3S. The van der Waals surface area contributed by atoms with Crippen LogP contribution in [0.15, 0.2) is 114 Å². The van der Waals surface area contributed by atoms with E-state index in [1.807, 2.05) is 91.0 Å². The van der Waals surface area contributed by atoms with E-state index < -0.39 is 28.0 Å². The Morgan fingerprint density at radius 1 is 0.750 bits per heavy atom. The molecule has 0 aromatic heterocycles. The minimum absolute atomic E-state index is 0.0113. The van der Waals surface area contributed by atoms with Gasteiger partial charge in [-0.3, -0.25) is 4.79 Å². The monoisotopic (exact) mass is 538 g/mol. The van der Waals surface area contributed by atoms with Crippen LogP contribution in [0, 0.1) is 0 Å². The first kappa shape index (κ1) is 25.9. The van der Waals surface area contributed by atoms with Crippen LogP contribution in [0.2, 0.25) is 10.0 Å². The van der Waals surface area contributed by atoms with Gasteiger partial charge in [0, 0.05) is 5.02 Å². The molecule has 0 radical (unpaired) electrons. The summed E-state index contributed by atoms with van der Waals surface area (Å²) >= 11 is 12.2. The molecule has 184 valence electrons. The minimum Gasteiger partial charge on any atom is -0.344 e. The van der Waals surface area contributed by atoms with Gasteiger partial charge in [0.1, 0.15) is 10.9 Å². The third-order valence-electron chi connectivity index (χ3n) is 5.63. The van der Waals surface area contributed by atoms with E-state index in [1.54, 1.807) is 0 Å². The van der Waals surface area contributed by atoms with Crippen molar-refractivity contribution in [2.45, 2.75) is 23.4 Å². The number of amides is 1. The second-order valence-electron chi connectivity index (χ2n) is 8.20. The van der Waals surface area contributed by atoms with Gasteiger partial charge in [0.05, 0.1) is 11.1 Å². The topological polar surface area (TPSA) is 75.3 Å². The molecule has 0 aliphatic rings. The summed E-state index contributed by atoms with van der Waals surface area (Å²) in [6.45, 7) is 0. The Labute approximate surface area is 221 Å². The van der Waals surface area contributed by atoms with Crippen molar-refractivity contribution in [2.75, 3.05) is 0 Å². The van der Waals surface area contributed by atoms with Crippen LogP contribution in [0.3, 0.4) is 0 Å². The Bertz CT molecular complexity index is 1380. The Balaban J connectivity index is 1.68. The van der Waals surface area contributed by atoms with Gasteiger partial charge in [-0.25, -0.2) is 8.42 Å². The SMILES string of the molecule is O=C(NC(c1ccccc1)c1ccccc1)[C@H](Cc1ccccc1)NS(=O)(=O)c1cc(Cl)ccc1Cl. The van der Waals surface area contributed by atoms with E-state index in [2.05, 4.69) is 10.0 Å². The van der Waals surface area contributed by atoms with E-state index in [0.29, 0.717) is 0 Å². The molecule has 2 N–H and O–H groups in total. The number of hydrogen-bond donors (Lipinski definition) is 2. The van der Waals surface area contributed by atoms with E-state index in [-0.39, 0.29) is 21.4 Å². The summed E-state index contributed by atoms with van der Waals surface area (Å²) in [6.07, 6.45) is 0.139. The van der Waals surface area contributed by atoms with E-state index in [1.165, 1.54) is 18.2 Å². The molecular weight excluding hydrogens is 515 g/mol. The highest BCUT2D eigenvalue weighted by Crippen LogP contribution is 2.26. The first-order chi connectivity index (χ1) is 17.3. The molecule has 1 amide bonds. The number of sulfonamides is 1. The van der Waals surface area contributed by atoms with Crippen molar-refractivity contribution in [3.8, 4) is 0 Å². The highest BCUT2D eigenvalue weighted by atomic mass is 35.5. The zero-order valence-electron chi connectivity index (χ0n) is 19.1. The number of carbonyl (C=O) groups excluding carboxylic acids is 1. The summed E-state index contributed by atoms with van der Waals surface area (Å²) in [5.74, 6) is -0.474. The molecule has 0 aliphatic carbocycles. The summed E-state index contributed by atoms with van der Waals surface area (Å²) in [5, 5.41) is 3.28. The van der Waals surface area contributed by atoms with Crippen molar-refractivity contribution >= 4 is 39.1 Å². The standard InChI is InChI=1S/C28H24Cl2N2O3S/c29-23-16-17-24(30)26(19-23)36(34,35)32-25(18-20-10-4-1-5-11-20)28(33)31-27(21-12-6-2-7-13-21)22-14-8-3-9-15-22/h1-17,19,25,27,32H,18H2,(H,31,33)/t25-/m0/s1. The second kappa shape index (κ2) is 11.7. The van der Waals surface area contributed by atoms with Crippen LogP contribution in [-0.2, 0) is 21.2 Å². The van der Waals surface area contributed by atoms with Crippen molar-refractivity contribution in [1.82, 2.24) is 10.0 Å². The van der Waals surface area contributed by atoms with Crippen molar-refractivity contribution in [1.29, 1.82) is 0 Å². The lowest BCUT2D eigenvalue weighted by molar-refractivity contribution is -0.123. The highest BCUT2D eigenvalue weighted by molar-refractivity contribution is 7.89. The van der Waals surface area contributed by atoms with Gasteiger partial charge < -0.3 is 5.32 Å². The van der Waals surface area contributed by atoms with Gasteiger partial charge in [-0.1, -0.05) is 114 Å². The average molecular weight is 539 g/mol. The highest BCUT2D eigenvalue weighted by Gasteiger charge is 2.29. The van der Waals surface area contributed by atoms with Gasteiger partial charge in [-0.2, -0.15) is 4.72 Å². The molecule has 0 saturated heterocycles. The van der Waals surface area contributed by atoms with Crippen LogP contribution >= 0.6 is 23.2 Å². The summed E-state index contributed by atoms with van der Waals surface area (Å²) in [5.41, 5.74) is 2.54. The molecule has 8 heteroatoms. The second-order valence-corrected chi connectivity index (χ2v) is 10.7. The molecule has 0 spiro atoms. The summed E-state index contributed by atoms with van der Waals surface area (Å²) < 4.78 is 29.2. The number of hydrogen-bond acceptors (Lipinski definition) is 3. The summed E-state index contributed by atoms with van der Waals surface area (Å²) in [6, 6.07) is 30.8. The zero-order valence-corrected chi connectivity index (χ0v) is 21.5. The normalized spacial score (nSPS) is 12.3. The lowest BCUT2D eigenvalue weighted by Crippen LogP contribution is -2.49. The summed E-state index contributed by atoms with van der Waals surface area (Å²) in [4.78, 5) is 13.5. The zero-order chi connectivity index (χ0) is 25.5. The molecule has 4 aromatic rings. The lowest BCUT2D eigenvalue weighted by Gasteiger charge is -2.24. The first-order valence-corrected chi connectivity index (χ1v) is 13.5. The fourth-order valence-corrected chi connectivity index (χ4v) is 5.82. The molecule has 0 aliphatic heterocycles. The van der Waals surface area contributed by atoms with Gasteiger partial charge in [-0.05, 0) is 41.3 Å². The molecule has 0 unspecified atom stereocenters. The Hall–Kier alpha value is -3.16. The van der Waals surface area contributed by atoms with Crippen molar-refractivity contribution in [3.05, 3.63) is 136 Å². The van der Waals surface area contributed by atoms with Crippen LogP contribution in [0.5, 0.6) is 0 Å². The lowest BCUT2D eigenvalue weighted by atomic mass is 9.97. The fourth-order valence-electron chi connectivity index (χ4n) is 3.86. The molecule has 0 bridgehead atoms. The Morgan fingerprint density at radius 2 is 1.28 bits per heavy atom. The molecule has 4 aromatic carbocycles. The molecule has 36 heavy (non-hydrogen) atoms. The van der Waals surface area contributed by atoms with Gasteiger partial charge >= 0.3 is 0 Å². The van der Waals surface area contributed by atoms with Crippen LogP contribution < -0.4 is 10.0 Å². The van der Waals surface area contributed by atoms with E-state index in [4.69, 9.17) is 23.2 Å². The Kier molecular flexibility index (Phi) is 8.44.